The van der Waals surface area contributed by atoms with Crippen molar-refractivity contribution in [2.45, 2.75) is 0 Å². The fraction of sp³-hybridized carbons (Fsp3) is 0.0769. The Morgan fingerprint density at radius 3 is 2.22 bits per heavy atom. The largest absolute Gasteiger partial charge is 0.497 e. The molecule has 1 nitrogen and oxygen atoms in total. The van der Waals surface area contributed by atoms with E-state index in [4.69, 9.17) is 39.5 Å². The maximum absolute atomic E-state index is 13.9. The standard InChI is InChI=1S/C13H8Cl3FO/c1-18-7-2-3-8(11(17)6-7)9-4-5-10(14)13(16)12(9)15/h2-6H,1H3. The zero-order chi connectivity index (χ0) is 13.3. The number of benzene rings is 2. The van der Waals surface area contributed by atoms with Gasteiger partial charge in [-0.2, -0.15) is 0 Å². The second-order valence-electron chi connectivity index (χ2n) is 3.57. The third-order valence-corrected chi connectivity index (χ3v) is 3.80. The van der Waals surface area contributed by atoms with E-state index in [9.17, 15) is 4.39 Å². The monoisotopic (exact) mass is 304 g/mol. The van der Waals surface area contributed by atoms with Gasteiger partial charge in [0, 0.05) is 17.2 Å². The second kappa shape index (κ2) is 5.35. The van der Waals surface area contributed by atoms with Crippen molar-refractivity contribution < 1.29 is 9.13 Å². The van der Waals surface area contributed by atoms with Crippen molar-refractivity contribution in [1.29, 1.82) is 0 Å². The van der Waals surface area contributed by atoms with Gasteiger partial charge in [0.2, 0.25) is 0 Å². The molecule has 94 valence electrons. The highest BCUT2D eigenvalue weighted by molar-refractivity contribution is 6.49. The molecule has 0 heterocycles. The van der Waals surface area contributed by atoms with Crippen molar-refractivity contribution in [2.24, 2.45) is 0 Å². The average Bonchev–Trinajstić information content (AvgIpc) is 2.37. The maximum Gasteiger partial charge on any atom is 0.134 e. The van der Waals surface area contributed by atoms with Crippen LogP contribution in [0.2, 0.25) is 15.1 Å². The number of halogens is 4. The highest BCUT2D eigenvalue weighted by Gasteiger charge is 2.14. The summed E-state index contributed by atoms with van der Waals surface area (Å²) in [6, 6.07) is 7.72. The van der Waals surface area contributed by atoms with Crippen LogP contribution >= 0.6 is 34.8 Å². The van der Waals surface area contributed by atoms with Crippen LogP contribution in [-0.2, 0) is 0 Å². The third-order valence-electron chi connectivity index (χ3n) is 2.50. The zero-order valence-corrected chi connectivity index (χ0v) is 11.6. The molecular formula is C13H8Cl3FO. The minimum atomic E-state index is -0.436. The normalized spacial score (nSPS) is 10.5. The van der Waals surface area contributed by atoms with Gasteiger partial charge in [-0.3, -0.25) is 0 Å². The van der Waals surface area contributed by atoms with Crippen LogP contribution in [-0.4, -0.2) is 7.11 Å². The Hall–Kier alpha value is -0.960. The molecule has 0 amide bonds. The first-order valence-electron chi connectivity index (χ1n) is 5.02. The van der Waals surface area contributed by atoms with Gasteiger partial charge < -0.3 is 4.74 Å². The Kier molecular flexibility index (Phi) is 4.00. The van der Waals surface area contributed by atoms with Crippen molar-refractivity contribution in [3.05, 3.63) is 51.2 Å². The summed E-state index contributed by atoms with van der Waals surface area (Å²) in [7, 11) is 1.47. The fourth-order valence-corrected chi connectivity index (χ4v) is 2.21. The average molecular weight is 306 g/mol. The SMILES string of the molecule is COc1ccc(-c2ccc(Cl)c(Cl)c2Cl)c(F)c1. The van der Waals surface area contributed by atoms with Crippen molar-refractivity contribution in [1.82, 2.24) is 0 Å². The summed E-state index contributed by atoms with van der Waals surface area (Å²) in [5.41, 5.74) is 0.839. The number of ether oxygens (including phenoxy) is 1. The summed E-state index contributed by atoms with van der Waals surface area (Å²) in [4.78, 5) is 0. The van der Waals surface area contributed by atoms with Crippen molar-refractivity contribution in [3.8, 4) is 16.9 Å². The molecule has 0 atom stereocenters. The van der Waals surface area contributed by atoms with Crippen molar-refractivity contribution >= 4 is 34.8 Å². The van der Waals surface area contributed by atoms with Crippen LogP contribution in [0.25, 0.3) is 11.1 Å². The maximum atomic E-state index is 13.9. The molecule has 0 aliphatic heterocycles. The quantitative estimate of drug-likeness (QED) is 0.669. The predicted octanol–water partition coefficient (Wildman–Crippen LogP) is 5.46. The highest BCUT2D eigenvalue weighted by Crippen LogP contribution is 2.39. The van der Waals surface area contributed by atoms with E-state index in [0.717, 1.165) is 0 Å². The van der Waals surface area contributed by atoms with Crippen LogP contribution in [0.5, 0.6) is 5.75 Å². The van der Waals surface area contributed by atoms with E-state index in [-0.39, 0.29) is 10.0 Å². The minimum absolute atomic E-state index is 0.214. The first-order chi connectivity index (χ1) is 8.54. The molecule has 2 aromatic carbocycles. The van der Waals surface area contributed by atoms with Gasteiger partial charge in [0.05, 0.1) is 22.2 Å². The van der Waals surface area contributed by atoms with Crippen LogP contribution in [0.15, 0.2) is 30.3 Å². The summed E-state index contributed by atoms with van der Waals surface area (Å²) in [5, 5.41) is 0.777. The first kappa shape index (κ1) is 13.5. The predicted molar refractivity (Wildman–Crippen MR) is 73.4 cm³/mol. The van der Waals surface area contributed by atoms with Crippen LogP contribution in [0, 0.1) is 5.82 Å². The Balaban J connectivity index is 2.59. The summed E-state index contributed by atoms with van der Waals surface area (Å²) >= 11 is 17.8. The van der Waals surface area contributed by atoms with Gasteiger partial charge in [-0.25, -0.2) is 4.39 Å². The van der Waals surface area contributed by atoms with E-state index in [1.807, 2.05) is 0 Å². The summed E-state index contributed by atoms with van der Waals surface area (Å²) in [5.74, 6) is 0.00192. The minimum Gasteiger partial charge on any atom is -0.497 e. The molecule has 0 saturated carbocycles. The van der Waals surface area contributed by atoms with Gasteiger partial charge in [-0.15, -0.1) is 0 Å². The van der Waals surface area contributed by atoms with Crippen LogP contribution in [0.1, 0.15) is 0 Å². The Bertz CT molecular complexity index is 599. The molecule has 5 heteroatoms. The summed E-state index contributed by atoms with van der Waals surface area (Å²) < 4.78 is 18.9. The first-order valence-corrected chi connectivity index (χ1v) is 6.15. The molecule has 0 saturated heterocycles. The van der Waals surface area contributed by atoms with E-state index in [1.54, 1.807) is 24.3 Å². The molecule has 0 aromatic heterocycles. The second-order valence-corrected chi connectivity index (χ2v) is 4.73. The topological polar surface area (TPSA) is 9.23 Å². The number of hydrogen-bond acceptors (Lipinski definition) is 1. The highest BCUT2D eigenvalue weighted by atomic mass is 35.5. The smallest absolute Gasteiger partial charge is 0.134 e. The molecule has 0 N–H and O–H groups in total. The number of methoxy groups -OCH3 is 1. The number of rotatable bonds is 2. The van der Waals surface area contributed by atoms with Gasteiger partial charge in [0.25, 0.3) is 0 Å². The Morgan fingerprint density at radius 2 is 1.61 bits per heavy atom. The van der Waals surface area contributed by atoms with E-state index in [0.29, 0.717) is 21.9 Å². The Morgan fingerprint density at radius 1 is 0.944 bits per heavy atom. The lowest BCUT2D eigenvalue weighted by Gasteiger charge is -2.09. The van der Waals surface area contributed by atoms with E-state index in [2.05, 4.69) is 0 Å². The van der Waals surface area contributed by atoms with Gasteiger partial charge in [0.15, 0.2) is 0 Å². The molecule has 0 bridgehead atoms. The van der Waals surface area contributed by atoms with Crippen LogP contribution < -0.4 is 4.74 Å². The molecule has 0 aliphatic carbocycles. The number of hydrogen-bond donors (Lipinski definition) is 0. The van der Waals surface area contributed by atoms with Gasteiger partial charge in [-0.1, -0.05) is 40.9 Å². The lowest BCUT2D eigenvalue weighted by Crippen LogP contribution is -1.89. The molecule has 0 radical (unpaired) electrons. The molecule has 0 fully saturated rings. The van der Waals surface area contributed by atoms with E-state index >= 15 is 0 Å². The van der Waals surface area contributed by atoms with Crippen molar-refractivity contribution in [2.75, 3.05) is 7.11 Å². The van der Waals surface area contributed by atoms with Crippen LogP contribution in [0.3, 0.4) is 0 Å². The molecule has 2 rings (SSSR count). The molecular weight excluding hydrogens is 297 g/mol. The molecule has 0 unspecified atom stereocenters. The molecule has 18 heavy (non-hydrogen) atoms. The van der Waals surface area contributed by atoms with Crippen molar-refractivity contribution in [3.63, 3.8) is 0 Å². The van der Waals surface area contributed by atoms with Gasteiger partial charge >= 0.3 is 0 Å². The lowest BCUT2D eigenvalue weighted by atomic mass is 10.0. The van der Waals surface area contributed by atoms with E-state index < -0.39 is 5.82 Å². The third kappa shape index (κ3) is 2.41. The fourth-order valence-electron chi connectivity index (χ4n) is 1.58. The summed E-state index contributed by atoms with van der Waals surface area (Å²) in [6.07, 6.45) is 0. The summed E-state index contributed by atoms with van der Waals surface area (Å²) in [6.45, 7) is 0. The molecule has 0 aliphatic rings. The van der Waals surface area contributed by atoms with E-state index in [1.165, 1.54) is 13.2 Å². The molecule has 2 aromatic rings. The zero-order valence-electron chi connectivity index (χ0n) is 9.31. The van der Waals surface area contributed by atoms with Crippen LogP contribution in [0.4, 0.5) is 4.39 Å². The van der Waals surface area contributed by atoms with Gasteiger partial charge in [-0.05, 0) is 18.2 Å². The molecule has 0 spiro atoms. The lowest BCUT2D eigenvalue weighted by molar-refractivity contribution is 0.411. The Labute approximate surface area is 119 Å². The van der Waals surface area contributed by atoms with Gasteiger partial charge in [0.1, 0.15) is 11.6 Å².